The third kappa shape index (κ3) is 7.74. The van der Waals surface area contributed by atoms with E-state index in [1.807, 2.05) is 13.8 Å². The van der Waals surface area contributed by atoms with Crippen LogP contribution in [0.4, 0.5) is 0 Å². The highest BCUT2D eigenvalue weighted by Crippen LogP contribution is 2.14. The first-order valence-corrected chi connectivity index (χ1v) is 6.26. The summed E-state index contributed by atoms with van der Waals surface area (Å²) in [5.41, 5.74) is 5.57. The zero-order valence-electron chi connectivity index (χ0n) is 10.7. The van der Waals surface area contributed by atoms with Crippen molar-refractivity contribution in [2.75, 3.05) is 6.54 Å². The molecule has 0 heterocycles. The lowest BCUT2D eigenvalue weighted by Gasteiger charge is -2.15. The number of nitrogens with one attached hydrogen (secondary N) is 1. The molecule has 0 rings (SSSR count). The van der Waals surface area contributed by atoms with Gasteiger partial charge < -0.3 is 16.2 Å². The van der Waals surface area contributed by atoms with Crippen molar-refractivity contribution in [3.05, 3.63) is 0 Å². The molecule has 2 atom stereocenters. The first-order chi connectivity index (χ1) is 8.01. The van der Waals surface area contributed by atoms with Gasteiger partial charge in [0.1, 0.15) is 0 Å². The highest BCUT2D eigenvalue weighted by Gasteiger charge is 2.12. The van der Waals surface area contributed by atoms with E-state index in [-0.39, 0.29) is 12.3 Å². The monoisotopic (exact) mass is 244 g/mol. The van der Waals surface area contributed by atoms with Crippen molar-refractivity contribution in [1.29, 1.82) is 0 Å². The molecular formula is C12H24N2O3. The summed E-state index contributed by atoms with van der Waals surface area (Å²) < 4.78 is 0. The lowest BCUT2D eigenvalue weighted by Crippen LogP contribution is -2.40. The van der Waals surface area contributed by atoms with Gasteiger partial charge in [-0.05, 0) is 25.2 Å². The van der Waals surface area contributed by atoms with E-state index in [4.69, 9.17) is 10.8 Å². The Labute approximate surface area is 103 Å². The Morgan fingerprint density at radius 2 is 1.88 bits per heavy atom. The van der Waals surface area contributed by atoms with Gasteiger partial charge in [-0.3, -0.25) is 9.59 Å². The summed E-state index contributed by atoms with van der Waals surface area (Å²) in [6.07, 6.45) is 3.24. The molecule has 0 aromatic rings. The van der Waals surface area contributed by atoms with Gasteiger partial charge in [-0.2, -0.15) is 0 Å². The number of rotatable bonds is 9. The number of carboxylic acids is 1. The molecule has 0 spiro atoms. The largest absolute Gasteiger partial charge is 0.481 e. The number of nitrogens with two attached hydrogens (primary N) is 1. The van der Waals surface area contributed by atoms with Gasteiger partial charge in [-0.25, -0.2) is 0 Å². The molecule has 17 heavy (non-hydrogen) atoms. The van der Waals surface area contributed by atoms with E-state index < -0.39 is 12.0 Å². The van der Waals surface area contributed by atoms with Gasteiger partial charge >= 0.3 is 5.97 Å². The lowest BCUT2D eigenvalue weighted by molar-refractivity contribution is -0.137. The minimum absolute atomic E-state index is 0.124. The smallest absolute Gasteiger partial charge is 0.303 e. The van der Waals surface area contributed by atoms with Crippen LogP contribution in [0, 0.1) is 5.92 Å². The van der Waals surface area contributed by atoms with Crippen molar-refractivity contribution in [2.45, 2.75) is 52.0 Å². The number of carboxylic acid groups (broad SMARTS) is 1. The minimum atomic E-state index is -0.763. The van der Waals surface area contributed by atoms with E-state index in [2.05, 4.69) is 5.32 Å². The maximum absolute atomic E-state index is 11.4. The normalized spacial score (nSPS) is 14.1. The third-order valence-electron chi connectivity index (χ3n) is 2.97. The molecule has 100 valence electrons. The van der Waals surface area contributed by atoms with Crippen LogP contribution in [0.25, 0.3) is 0 Å². The summed E-state index contributed by atoms with van der Waals surface area (Å²) in [4.78, 5) is 21.8. The zero-order chi connectivity index (χ0) is 13.3. The van der Waals surface area contributed by atoms with Gasteiger partial charge in [0.25, 0.3) is 0 Å². The SMILES string of the molecule is CCC(CCNC(=O)C(N)CC)CCC(=O)O. The number of aliphatic carboxylic acids is 1. The Balaban J connectivity index is 3.76. The van der Waals surface area contributed by atoms with Gasteiger partial charge in [-0.1, -0.05) is 20.3 Å². The van der Waals surface area contributed by atoms with Crippen LogP contribution < -0.4 is 11.1 Å². The van der Waals surface area contributed by atoms with Crippen LogP contribution in [0.1, 0.15) is 46.0 Å². The molecule has 5 nitrogen and oxygen atoms in total. The van der Waals surface area contributed by atoms with Crippen LogP contribution >= 0.6 is 0 Å². The zero-order valence-corrected chi connectivity index (χ0v) is 10.7. The van der Waals surface area contributed by atoms with Crippen molar-refractivity contribution in [3.8, 4) is 0 Å². The quantitative estimate of drug-likeness (QED) is 0.566. The number of carbonyl (C=O) groups excluding carboxylic acids is 1. The van der Waals surface area contributed by atoms with Crippen LogP contribution in [0.3, 0.4) is 0 Å². The second kappa shape index (κ2) is 8.98. The molecule has 0 saturated heterocycles. The van der Waals surface area contributed by atoms with E-state index in [1.54, 1.807) is 0 Å². The molecule has 4 N–H and O–H groups in total. The molecule has 5 heteroatoms. The topological polar surface area (TPSA) is 92.4 Å². The first kappa shape index (κ1) is 15.9. The van der Waals surface area contributed by atoms with Crippen molar-refractivity contribution in [3.63, 3.8) is 0 Å². The first-order valence-electron chi connectivity index (χ1n) is 6.26. The van der Waals surface area contributed by atoms with Crippen LogP contribution in [-0.4, -0.2) is 29.6 Å². The molecule has 0 aliphatic rings. The molecule has 2 unspecified atom stereocenters. The minimum Gasteiger partial charge on any atom is -0.481 e. The Morgan fingerprint density at radius 1 is 1.24 bits per heavy atom. The third-order valence-corrected chi connectivity index (χ3v) is 2.97. The number of amides is 1. The number of hydrogen-bond donors (Lipinski definition) is 3. The number of carbonyl (C=O) groups is 2. The van der Waals surface area contributed by atoms with Crippen LogP contribution in [0.15, 0.2) is 0 Å². The van der Waals surface area contributed by atoms with Crippen molar-refractivity contribution < 1.29 is 14.7 Å². The fraction of sp³-hybridized carbons (Fsp3) is 0.833. The second-order valence-electron chi connectivity index (χ2n) is 4.30. The molecule has 0 aliphatic heterocycles. The van der Waals surface area contributed by atoms with Crippen LogP contribution in [0.5, 0.6) is 0 Å². The van der Waals surface area contributed by atoms with E-state index >= 15 is 0 Å². The molecule has 0 aliphatic carbocycles. The summed E-state index contributed by atoms with van der Waals surface area (Å²) in [7, 11) is 0. The highest BCUT2D eigenvalue weighted by atomic mass is 16.4. The summed E-state index contributed by atoms with van der Waals surface area (Å²) in [6.45, 7) is 4.47. The van der Waals surface area contributed by atoms with Gasteiger partial charge in [0, 0.05) is 13.0 Å². The average Bonchev–Trinajstić information content (AvgIpc) is 2.31. The summed E-state index contributed by atoms with van der Waals surface area (Å²) in [5, 5.41) is 11.4. The Morgan fingerprint density at radius 3 is 2.35 bits per heavy atom. The maximum Gasteiger partial charge on any atom is 0.303 e. The van der Waals surface area contributed by atoms with E-state index in [1.165, 1.54) is 0 Å². The standard InChI is InChI=1S/C12H24N2O3/c1-3-9(5-6-11(15)16)7-8-14-12(17)10(13)4-2/h9-10H,3-8,13H2,1-2H3,(H,14,17)(H,15,16). The molecule has 0 saturated carbocycles. The Bertz CT molecular complexity index is 244. The van der Waals surface area contributed by atoms with Crippen molar-refractivity contribution in [2.24, 2.45) is 11.7 Å². The van der Waals surface area contributed by atoms with Gasteiger partial charge in [-0.15, -0.1) is 0 Å². The molecular weight excluding hydrogens is 220 g/mol. The predicted molar refractivity (Wildman–Crippen MR) is 66.5 cm³/mol. The van der Waals surface area contributed by atoms with Gasteiger partial charge in [0.05, 0.1) is 6.04 Å². The van der Waals surface area contributed by atoms with Gasteiger partial charge in [0.2, 0.25) is 5.91 Å². The van der Waals surface area contributed by atoms with E-state index in [0.717, 1.165) is 12.8 Å². The molecule has 1 amide bonds. The number of hydrogen-bond acceptors (Lipinski definition) is 3. The van der Waals surface area contributed by atoms with E-state index in [0.29, 0.717) is 25.3 Å². The summed E-state index contributed by atoms with van der Waals surface area (Å²) in [5.74, 6) is -0.537. The van der Waals surface area contributed by atoms with E-state index in [9.17, 15) is 9.59 Å². The Hall–Kier alpha value is -1.10. The highest BCUT2D eigenvalue weighted by molar-refractivity contribution is 5.81. The molecule has 0 radical (unpaired) electrons. The lowest BCUT2D eigenvalue weighted by atomic mass is 9.96. The summed E-state index contributed by atoms with van der Waals surface area (Å²) >= 11 is 0. The maximum atomic E-state index is 11.4. The fourth-order valence-electron chi connectivity index (χ4n) is 1.60. The average molecular weight is 244 g/mol. The van der Waals surface area contributed by atoms with Gasteiger partial charge in [0.15, 0.2) is 0 Å². The summed E-state index contributed by atoms with van der Waals surface area (Å²) in [6, 6.07) is -0.436. The van der Waals surface area contributed by atoms with Crippen molar-refractivity contribution >= 4 is 11.9 Å². The second-order valence-corrected chi connectivity index (χ2v) is 4.30. The van der Waals surface area contributed by atoms with Crippen LogP contribution in [0.2, 0.25) is 0 Å². The predicted octanol–water partition coefficient (Wildman–Crippen LogP) is 1.12. The molecule has 0 aromatic carbocycles. The van der Waals surface area contributed by atoms with Crippen LogP contribution in [-0.2, 0) is 9.59 Å². The molecule has 0 aromatic heterocycles. The molecule has 0 bridgehead atoms. The fourth-order valence-corrected chi connectivity index (χ4v) is 1.60. The molecule has 0 fully saturated rings. The van der Waals surface area contributed by atoms with Crippen molar-refractivity contribution in [1.82, 2.24) is 5.32 Å². The Kier molecular flexibility index (Phi) is 8.40.